The summed E-state index contributed by atoms with van der Waals surface area (Å²) >= 11 is 3.82. The standard InChI is InChI=1S/C22H23F2NO4S2/c1-22(21(27)28-2,17-12-15(23)6-9-18(17)24)25-19(26)13-29-16-7-4-14(5-8-16)20-30-10-3-11-31-20/h4-9,12,20H,3,10-11,13H2,1-2H3,(H,25,26)/t22-/m0/s1. The number of thioether (sulfide) groups is 2. The molecule has 1 saturated heterocycles. The first-order chi connectivity index (χ1) is 14.8. The molecule has 31 heavy (non-hydrogen) atoms. The molecule has 1 heterocycles. The van der Waals surface area contributed by atoms with Crippen molar-refractivity contribution in [2.75, 3.05) is 25.2 Å². The van der Waals surface area contributed by atoms with Gasteiger partial charge < -0.3 is 14.8 Å². The Morgan fingerprint density at radius 3 is 2.45 bits per heavy atom. The van der Waals surface area contributed by atoms with Crippen molar-refractivity contribution in [3.05, 3.63) is 65.2 Å². The van der Waals surface area contributed by atoms with E-state index in [2.05, 4.69) is 5.32 Å². The van der Waals surface area contributed by atoms with Crippen LogP contribution in [0.4, 0.5) is 8.78 Å². The number of amides is 1. The molecule has 9 heteroatoms. The van der Waals surface area contributed by atoms with Gasteiger partial charge in [-0.25, -0.2) is 13.6 Å². The molecule has 1 N–H and O–H groups in total. The topological polar surface area (TPSA) is 64.6 Å². The van der Waals surface area contributed by atoms with Gasteiger partial charge in [-0.3, -0.25) is 4.79 Å². The summed E-state index contributed by atoms with van der Waals surface area (Å²) < 4.78 is 38.6. The number of carbonyl (C=O) groups is 2. The quantitative estimate of drug-likeness (QED) is 0.609. The molecule has 166 valence electrons. The average Bonchev–Trinajstić information content (AvgIpc) is 2.79. The zero-order valence-electron chi connectivity index (χ0n) is 17.2. The average molecular weight is 468 g/mol. The van der Waals surface area contributed by atoms with Gasteiger partial charge in [0.2, 0.25) is 0 Å². The van der Waals surface area contributed by atoms with Gasteiger partial charge in [-0.05, 0) is 60.7 Å². The number of methoxy groups -OCH3 is 1. The predicted molar refractivity (Wildman–Crippen MR) is 118 cm³/mol. The first-order valence-electron chi connectivity index (χ1n) is 9.64. The van der Waals surface area contributed by atoms with Gasteiger partial charge >= 0.3 is 5.97 Å². The van der Waals surface area contributed by atoms with Crippen molar-refractivity contribution in [2.24, 2.45) is 0 Å². The fourth-order valence-electron chi connectivity index (χ4n) is 3.18. The Kier molecular flexibility index (Phi) is 7.83. The molecular formula is C22H23F2NO4S2. The van der Waals surface area contributed by atoms with Crippen LogP contribution in [0, 0.1) is 11.6 Å². The SMILES string of the molecule is COC(=O)[C@@](C)(NC(=O)COc1ccc(C2SCCCS2)cc1)c1cc(F)ccc1F. The lowest BCUT2D eigenvalue weighted by Crippen LogP contribution is -2.52. The summed E-state index contributed by atoms with van der Waals surface area (Å²) in [7, 11) is 1.10. The molecule has 5 nitrogen and oxygen atoms in total. The monoisotopic (exact) mass is 467 g/mol. The third-order valence-corrected chi connectivity index (χ3v) is 7.81. The highest BCUT2D eigenvalue weighted by Crippen LogP contribution is 2.43. The summed E-state index contributed by atoms with van der Waals surface area (Å²) in [6.45, 7) is 0.846. The first kappa shape index (κ1) is 23.4. The van der Waals surface area contributed by atoms with E-state index in [0.29, 0.717) is 10.3 Å². The molecule has 0 aliphatic carbocycles. The van der Waals surface area contributed by atoms with E-state index in [0.717, 1.165) is 36.8 Å². The molecule has 0 radical (unpaired) electrons. The van der Waals surface area contributed by atoms with E-state index < -0.39 is 35.7 Å². The number of hydrogen-bond acceptors (Lipinski definition) is 6. The fourth-order valence-corrected chi connectivity index (χ4v) is 6.07. The highest BCUT2D eigenvalue weighted by atomic mass is 32.2. The zero-order valence-corrected chi connectivity index (χ0v) is 18.8. The normalized spacial score (nSPS) is 16.3. The molecule has 2 aromatic rings. The van der Waals surface area contributed by atoms with E-state index in [9.17, 15) is 18.4 Å². The molecule has 0 unspecified atom stereocenters. The van der Waals surface area contributed by atoms with Crippen molar-refractivity contribution in [2.45, 2.75) is 23.5 Å². The van der Waals surface area contributed by atoms with E-state index in [-0.39, 0.29) is 5.56 Å². The number of ether oxygens (including phenoxy) is 2. The largest absolute Gasteiger partial charge is 0.484 e. The van der Waals surface area contributed by atoms with Crippen molar-refractivity contribution in [3.8, 4) is 5.75 Å². The molecule has 1 aliphatic rings. The number of hydrogen-bond donors (Lipinski definition) is 1. The summed E-state index contributed by atoms with van der Waals surface area (Å²) in [5.74, 6) is -0.435. The molecule has 0 aromatic heterocycles. The minimum Gasteiger partial charge on any atom is -0.484 e. The van der Waals surface area contributed by atoms with Crippen LogP contribution in [0.2, 0.25) is 0 Å². The summed E-state index contributed by atoms with van der Waals surface area (Å²) in [6.07, 6.45) is 1.21. The van der Waals surface area contributed by atoms with Crippen molar-refractivity contribution < 1.29 is 27.8 Å². The van der Waals surface area contributed by atoms with Crippen molar-refractivity contribution in [3.63, 3.8) is 0 Å². The third kappa shape index (κ3) is 5.71. The molecule has 1 aliphatic heterocycles. The van der Waals surface area contributed by atoms with Crippen LogP contribution in [-0.2, 0) is 19.9 Å². The number of benzene rings is 2. The van der Waals surface area contributed by atoms with Crippen molar-refractivity contribution in [1.29, 1.82) is 0 Å². The number of halogens is 2. The summed E-state index contributed by atoms with van der Waals surface area (Å²) in [4.78, 5) is 24.8. The Morgan fingerprint density at radius 1 is 1.13 bits per heavy atom. The lowest BCUT2D eigenvalue weighted by Gasteiger charge is -2.28. The van der Waals surface area contributed by atoms with Gasteiger partial charge in [0.05, 0.1) is 11.7 Å². The van der Waals surface area contributed by atoms with Gasteiger partial charge in [0.25, 0.3) is 5.91 Å². The molecule has 1 amide bonds. The van der Waals surface area contributed by atoms with Crippen molar-refractivity contribution >= 4 is 35.4 Å². The van der Waals surface area contributed by atoms with Gasteiger partial charge in [0.15, 0.2) is 12.1 Å². The van der Waals surface area contributed by atoms with E-state index in [1.54, 1.807) is 12.1 Å². The van der Waals surface area contributed by atoms with E-state index >= 15 is 0 Å². The number of carbonyl (C=O) groups excluding carboxylic acids is 2. The van der Waals surface area contributed by atoms with Crippen LogP contribution < -0.4 is 10.1 Å². The molecule has 3 rings (SSSR count). The highest BCUT2D eigenvalue weighted by Gasteiger charge is 2.40. The van der Waals surface area contributed by atoms with E-state index in [4.69, 9.17) is 9.47 Å². The molecule has 0 spiro atoms. The third-order valence-electron chi connectivity index (χ3n) is 4.80. The summed E-state index contributed by atoms with van der Waals surface area (Å²) in [5, 5.41) is 2.41. The zero-order chi connectivity index (χ0) is 22.4. The number of rotatable bonds is 7. The maximum Gasteiger partial charge on any atom is 0.336 e. The summed E-state index contributed by atoms with van der Waals surface area (Å²) in [6, 6.07) is 10.2. The minimum absolute atomic E-state index is 0.334. The molecule has 2 aromatic carbocycles. The fraction of sp³-hybridized carbons (Fsp3) is 0.364. The maximum absolute atomic E-state index is 14.3. The van der Waals surface area contributed by atoms with Gasteiger partial charge in [-0.1, -0.05) is 12.1 Å². The van der Waals surface area contributed by atoms with Crippen LogP contribution in [0.25, 0.3) is 0 Å². The number of esters is 1. The van der Waals surface area contributed by atoms with Gasteiger partial charge in [-0.15, -0.1) is 23.5 Å². The van der Waals surface area contributed by atoms with Gasteiger partial charge in [0.1, 0.15) is 17.4 Å². The second-order valence-corrected chi connectivity index (χ2v) is 9.80. The van der Waals surface area contributed by atoms with Gasteiger partial charge in [0, 0.05) is 5.56 Å². The molecule has 0 saturated carbocycles. The molecule has 0 bridgehead atoms. The van der Waals surface area contributed by atoms with Gasteiger partial charge in [-0.2, -0.15) is 0 Å². The van der Waals surface area contributed by atoms with Crippen LogP contribution in [0.15, 0.2) is 42.5 Å². The van der Waals surface area contributed by atoms with Crippen LogP contribution in [-0.4, -0.2) is 37.1 Å². The smallest absolute Gasteiger partial charge is 0.336 e. The van der Waals surface area contributed by atoms with Crippen LogP contribution in [0.5, 0.6) is 5.75 Å². The Balaban J connectivity index is 1.66. The molecular weight excluding hydrogens is 444 g/mol. The first-order valence-corrected chi connectivity index (χ1v) is 11.7. The van der Waals surface area contributed by atoms with E-state index in [1.807, 2.05) is 35.7 Å². The maximum atomic E-state index is 14.3. The van der Waals surface area contributed by atoms with E-state index in [1.165, 1.54) is 18.9 Å². The summed E-state index contributed by atoms with van der Waals surface area (Å²) in [5.41, 5.74) is -1.06. The van der Waals surface area contributed by atoms with Crippen LogP contribution in [0.1, 0.15) is 29.1 Å². The van der Waals surface area contributed by atoms with Crippen molar-refractivity contribution in [1.82, 2.24) is 5.32 Å². The lowest BCUT2D eigenvalue weighted by atomic mass is 9.91. The molecule has 1 fully saturated rings. The Labute approximate surface area is 188 Å². The predicted octanol–water partition coefficient (Wildman–Crippen LogP) is 4.42. The van der Waals surface area contributed by atoms with Crippen LogP contribution >= 0.6 is 23.5 Å². The Bertz CT molecular complexity index is 936. The second-order valence-electron chi connectivity index (χ2n) is 7.07. The van der Waals surface area contributed by atoms with Crippen LogP contribution in [0.3, 0.4) is 0 Å². The lowest BCUT2D eigenvalue weighted by molar-refractivity contribution is -0.151. The number of nitrogens with one attached hydrogen (secondary N) is 1. The second kappa shape index (κ2) is 10.4. The molecule has 1 atom stereocenters. The Hall–Kier alpha value is -2.26. The highest BCUT2D eigenvalue weighted by molar-refractivity contribution is 8.16. The minimum atomic E-state index is -1.92. The Morgan fingerprint density at radius 2 is 1.81 bits per heavy atom.